The summed E-state index contributed by atoms with van der Waals surface area (Å²) >= 11 is 0. The van der Waals surface area contributed by atoms with Gasteiger partial charge in [0.25, 0.3) is 0 Å². The lowest BCUT2D eigenvalue weighted by atomic mass is 9.91. The van der Waals surface area contributed by atoms with Gasteiger partial charge in [-0.3, -0.25) is 0 Å². The lowest BCUT2D eigenvalue weighted by molar-refractivity contribution is -0.109. The SMILES string of the molecule is CCCCc1ccc(C(=O)Oc2c(C)cc(C)cc2C(C=O)CCCCOCC)cc1. The van der Waals surface area contributed by atoms with Gasteiger partial charge in [-0.1, -0.05) is 49.6 Å². The van der Waals surface area contributed by atoms with Crippen LogP contribution in [0.4, 0.5) is 0 Å². The zero-order valence-corrected chi connectivity index (χ0v) is 19.4. The average Bonchev–Trinajstić information content (AvgIpc) is 2.77. The number of carbonyl (C=O) groups is 2. The van der Waals surface area contributed by atoms with Crippen molar-refractivity contribution in [3.63, 3.8) is 0 Å². The molecule has 0 spiro atoms. The molecule has 1 unspecified atom stereocenters. The lowest BCUT2D eigenvalue weighted by Gasteiger charge is -2.18. The molecule has 0 N–H and O–H groups in total. The van der Waals surface area contributed by atoms with Crippen LogP contribution < -0.4 is 4.74 Å². The van der Waals surface area contributed by atoms with Crippen molar-refractivity contribution >= 4 is 12.3 Å². The molecule has 0 saturated heterocycles. The number of hydrogen-bond donors (Lipinski definition) is 0. The maximum Gasteiger partial charge on any atom is 0.343 e. The molecule has 0 aromatic heterocycles. The molecule has 0 aliphatic carbocycles. The second-order valence-corrected chi connectivity index (χ2v) is 8.13. The van der Waals surface area contributed by atoms with E-state index in [-0.39, 0.29) is 5.92 Å². The Kier molecular flexibility index (Phi) is 10.5. The number of carbonyl (C=O) groups excluding carboxylic acids is 2. The van der Waals surface area contributed by atoms with Crippen molar-refractivity contribution in [2.24, 2.45) is 0 Å². The monoisotopic (exact) mass is 424 g/mol. The Morgan fingerprint density at radius 3 is 2.42 bits per heavy atom. The van der Waals surface area contributed by atoms with Gasteiger partial charge < -0.3 is 14.3 Å². The predicted molar refractivity (Wildman–Crippen MR) is 125 cm³/mol. The molecule has 4 heteroatoms. The van der Waals surface area contributed by atoms with Crippen LogP contribution in [0.1, 0.15) is 84.5 Å². The van der Waals surface area contributed by atoms with Crippen molar-refractivity contribution < 1.29 is 19.1 Å². The summed E-state index contributed by atoms with van der Waals surface area (Å²) in [6, 6.07) is 11.6. The summed E-state index contributed by atoms with van der Waals surface area (Å²) in [4.78, 5) is 24.8. The van der Waals surface area contributed by atoms with Crippen molar-refractivity contribution in [2.45, 2.75) is 72.1 Å². The zero-order valence-electron chi connectivity index (χ0n) is 19.4. The van der Waals surface area contributed by atoms with Gasteiger partial charge in [0, 0.05) is 24.7 Å². The molecule has 0 aliphatic rings. The van der Waals surface area contributed by atoms with Gasteiger partial charge in [0.1, 0.15) is 12.0 Å². The summed E-state index contributed by atoms with van der Waals surface area (Å²) in [6.45, 7) is 9.46. The third-order valence-electron chi connectivity index (χ3n) is 5.47. The molecule has 0 bridgehead atoms. The van der Waals surface area contributed by atoms with Crippen molar-refractivity contribution in [1.82, 2.24) is 0 Å². The highest BCUT2D eigenvalue weighted by Crippen LogP contribution is 2.34. The molecular weight excluding hydrogens is 388 g/mol. The van der Waals surface area contributed by atoms with Crippen molar-refractivity contribution in [3.05, 3.63) is 64.2 Å². The highest BCUT2D eigenvalue weighted by molar-refractivity contribution is 5.91. The van der Waals surface area contributed by atoms with Crippen LogP contribution in [0.25, 0.3) is 0 Å². The molecule has 0 aliphatic heterocycles. The lowest BCUT2D eigenvalue weighted by Crippen LogP contribution is -2.13. The highest BCUT2D eigenvalue weighted by atomic mass is 16.5. The summed E-state index contributed by atoms with van der Waals surface area (Å²) in [7, 11) is 0. The summed E-state index contributed by atoms with van der Waals surface area (Å²) < 4.78 is 11.2. The number of hydrogen-bond acceptors (Lipinski definition) is 4. The van der Waals surface area contributed by atoms with E-state index in [2.05, 4.69) is 6.92 Å². The summed E-state index contributed by atoms with van der Waals surface area (Å²) in [6.07, 6.45) is 6.74. The number of aldehydes is 1. The Morgan fingerprint density at radius 1 is 1.03 bits per heavy atom. The first kappa shape index (κ1) is 24.8. The minimum atomic E-state index is -0.392. The van der Waals surface area contributed by atoms with Crippen LogP contribution in [-0.2, 0) is 16.0 Å². The fourth-order valence-electron chi connectivity index (χ4n) is 3.75. The van der Waals surface area contributed by atoms with E-state index < -0.39 is 5.97 Å². The van der Waals surface area contributed by atoms with Crippen LogP contribution in [0.5, 0.6) is 5.75 Å². The predicted octanol–water partition coefficient (Wildman–Crippen LogP) is 6.35. The summed E-state index contributed by atoms with van der Waals surface area (Å²) in [5.41, 5.74) is 4.44. The molecule has 0 radical (unpaired) electrons. The van der Waals surface area contributed by atoms with E-state index in [0.29, 0.717) is 30.9 Å². The standard InChI is InChI=1S/C27H36O4/c1-5-7-10-22-12-14-23(15-13-22)27(29)31-26-21(4)17-20(3)18-25(26)24(19-28)11-8-9-16-30-6-2/h12-15,17-19,24H,5-11,16H2,1-4H3. The summed E-state index contributed by atoms with van der Waals surface area (Å²) in [5, 5.41) is 0. The van der Waals surface area contributed by atoms with Gasteiger partial charge in [0.05, 0.1) is 5.56 Å². The zero-order chi connectivity index (χ0) is 22.6. The molecule has 2 aromatic carbocycles. The first-order valence-corrected chi connectivity index (χ1v) is 11.4. The number of rotatable bonds is 13. The maximum absolute atomic E-state index is 12.8. The minimum Gasteiger partial charge on any atom is -0.422 e. The molecule has 0 fully saturated rings. The van der Waals surface area contributed by atoms with Crippen LogP contribution in [-0.4, -0.2) is 25.5 Å². The molecular formula is C27H36O4. The molecule has 31 heavy (non-hydrogen) atoms. The number of ether oxygens (including phenoxy) is 2. The molecule has 0 saturated carbocycles. The molecule has 0 heterocycles. The maximum atomic E-state index is 12.8. The first-order chi connectivity index (χ1) is 15.0. The Bertz CT molecular complexity index is 839. The van der Waals surface area contributed by atoms with Gasteiger partial charge in [-0.25, -0.2) is 4.79 Å². The second kappa shape index (κ2) is 13.1. The minimum absolute atomic E-state index is 0.306. The molecule has 1 atom stereocenters. The van der Waals surface area contributed by atoms with Crippen LogP contribution in [0.3, 0.4) is 0 Å². The second-order valence-electron chi connectivity index (χ2n) is 8.13. The Hall–Kier alpha value is -2.46. The quantitative estimate of drug-likeness (QED) is 0.163. The van der Waals surface area contributed by atoms with Crippen LogP contribution >= 0.6 is 0 Å². The number of unbranched alkanes of at least 4 members (excludes halogenated alkanes) is 2. The molecule has 0 amide bonds. The molecule has 4 nitrogen and oxygen atoms in total. The first-order valence-electron chi connectivity index (χ1n) is 11.4. The Labute approximate surface area is 187 Å². The van der Waals surface area contributed by atoms with Gasteiger partial charge in [-0.15, -0.1) is 0 Å². The van der Waals surface area contributed by atoms with Crippen LogP contribution in [0.15, 0.2) is 36.4 Å². The normalized spacial score (nSPS) is 11.9. The van der Waals surface area contributed by atoms with Gasteiger partial charge in [-0.05, 0) is 69.7 Å². The number of aryl methyl sites for hydroxylation is 3. The van der Waals surface area contributed by atoms with E-state index in [1.54, 1.807) is 0 Å². The van der Waals surface area contributed by atoms with E-state index in [9.17, 15) is 9.59 Å². The fourth-order valence-corrected chi connectivity index (χ4v) is 3.75. The third kappa shape index (κ3) is 7.62. The van der Waals surface area contributed by atoms with Gasteiger partial charge in [-0.2, -0.15) is 0 Å². The van der Waals surface area contributed by atoms with Crippen molar-refractivity contribution in [1.29, 1.82) is 0 Å². The van der Waals surface area contributed by atoms with Crippen LogP contribution in [0.2, 0.25) is 0 Å². The fraction of sp³-hybridized carbons (Fsp3) is 0.481. The van der Waals surface area contributed by atoms with E-state index in [4.69, 9.17) is 9.47 Å². The number of esters is 1. The van der Waals surface area contributed by atoms with E-state index >= 15 is 0 Å². The Balaban J connectivity index is 2.17. The average molecular weight is 425 g/mol. The van der Waals surface area contributed by atoms with Gasteiger partial charge >= 0.3 is 5.97 Å². The Morgan fingerprint density at radius 2 is 1.77 bits per heavy atom. The van der Waals surface area contributed by atoms with E-state index in [1.807, 2.05) is 57.2 Å². The van der Waals surface area contributed by atoms with Crippen molar-refractivity contribution in [3.8, 4) is 5.75 Å². The largest absolute Gasteiger partial charge is 0.422 e. The highest BCUT2D eigenvalue weighted by Gasteiger charge is 2.21. The van der Waals surface area contributed by atoms with Gasteiger partial charge in [0.15, 0.2) is 0 Å². The molecule has 2 aromatic rings. The van der Waals surface area contributed by atoms with E-state index in [0.717, 1.165) is 55.1 Å². The van der Waals surface area contributed by atoms with Crippen molar-refractivity contribution in [2.75, 3.05) is 13.2 Å². The smallest absolute Gasteiger partial charge is 0.343 e. The van der Waals surface area contributed by atoms with Crippen LogP contribution in [0, 0.1) is 13.8 Å². The van der Waals surface area contributed by atoms with E-state index in [1.165, 1.54) is 5.56 Å². The third-order valence-corrected chi connectivity index (χ3v) is 5.47. The topological polar surface area (TPSA) is 52.6 Å². The molecule has 168 valence electrons. The summed E-state index contributed by atoms with van der Waals surface area (Å²) in [5.74, 6) is -0.191. The molecule has 2 rings (SSSR count). The number of benzene rings is 2. The van der Waals surface area contributed by atoms with Gasteiger partial charge in [0.2, 0.25) is 0 Å².